The molecule has 0 aliphatic carbocycles. The van der Waals surface area contributed by atoms with Crippen LogP contribution in [0.3, 0.4) is 0 Å². The fraction of sp³-hybridized carbons (Fsp3) is 0.0952. The molecule has 0 saturated carbocycles. The molecule has 0 bridgehead atoms. The first kappa shape index (κ1) is 26.4. The molecule has 12 nitrogen and oxygen atoms in total. The second kappa shape index (κ2) is 12.0. The van der Waals surface area contributed by atoms with Gasteiger partial charge >= 0.3 is 6.09 Å². The highest BCUT2D eigenvalue weighted by Gasteiger charge is 2.16. The van der Waals surface area contributed by atoms with Crippen LogP contribution in [0.2, 0.25) is 15.2 Å². The summed E-state index contributed by atoms with van der Waals surface area (Å²) in [6, 6.07) is 9.27. The van der Waals surface area contributed by atoms with Gasteiger partial charge in [-0.05, 0) is 24.3 Å². The number of nitriles is 1. The molecule has 0 unspecified atom stereocenters. The van der Waals surface area contributed by atoms with Crippen LogP contribution in [0.15, 0.2) is 41.6 Å². The Morgan fingerprint density at radius 3 is 2.47 bits per heavy atom. The number of carbonyl (C=O) groups is 2. The number of carboxylic acid groups (broad SMARTS) is 1. The van der Waals surface area contributed by atoms with Crippen LogP contribution >= 0.6 is 34.8 Å². The smallest absolute Gasteiger partial charge is 0.411 e. The third kappa shape index (κ3) is 6.92. The van der Waals surface area contributed by atoms with Gasteiger partial charge in [-0.15, -0.1) is 10.2 Å². The van der Waals surface area contributed by atoms with Gasteiger partial charge in [0, 0.05) is 23.7 Å². The Kier molecular flexibility index (Phi) is 8.80. The summed E-state index contributed by atoms with van der Waals surface area (Å²) in [5, 5.41) is 30.6. The van der Waals surface area contributed by atoms with Gasteiger partial charge in [0.25, 0.3) is 5.91 Å². The predicted octanol–water partition coefficient (Wildman–Crippen LogP) is 4.31. The van der Waals surface area contributed by atoms with Gasteiger partial charge in [0.15, 0.2) is 10.9 Å². The zero-order valence-electron chi connectivity index (χ0n) is 18.1. The number of pyridine rings is 1. The van der Waals surface area contributed by atoms with Crippen LogP contribution in [0.5, 0.6) is 17.4 Å². The molecule has 184 valence electrons. The number of benzene rings is 1. The van der Waals surface area contributed by atoms with Crippen LogP contribution < -0.4 is 20.2 Å². The lowest BCUT2D eigenvalue weighted by atomic mass is 10.1. The normalized spacial score (nSPS) is 10.8. The molecule has 3 rings (SSSR count). The number of aromatic nitrogens is 3. The van der Waals surface area contributed by atoms with Gasteiger partial charge in [0.05, 0.1) is 29.0 Å². The number of methoxy groups -OCH3 is 1. The van der Waals surface area contributed by atoms with Crippen LogP contribution in [0, 0.1) is 11.3 Å². The summed E-state index contributed by atoms with van der Waals surface area (Å²) in [7, 11) is 1.54. The van der Waals surface area contributed by atoms with Gasteiger partial charge in [-0.1, -0.05) is 34.8 Å². The van der Waals surface area contributed by atoms with E-state index in [9.17, 15) is 9.59 Å². The summed E-state index contributed by atoms with van der Waals surface area (Å²) in [4.78, 5) is 26.4. The van der Waals surface area contributed by atoms with Gasteiger partial charge in [0.2, 0.25) is 11.6 Å². The average molecular weight is 551 g/mol. The van der Waals surface area contributed by atoms with Gasteiger partial charge in [-0.3, -0.25) is 20.5 Å². The van der Waals surface area contributed by atoms with E-state index < -0.39 is 17.7 Å². The molecule has 2 aromatic heterocycles. The predicted molar refractivity (Wildman–Crippen MR) is 130 cm³/mol. The maximum absolute atomic E-state index is 11.6. The van der Waals surface area contributed by atoms with Crippen molar-refractivity contribution in [2.75, 3.05) is 12.5 Å². The fourth-order valence-corrected chi connectivity index (χ4v) is 3.35. The van der Waals surface area contributed by atoms with E-state index in [0.29, 0.717) is 23.4 Å². The summed E-state index contributed by atoms with van der Waals surface area (Å²) < 4.78 is 10.8. The lowest BCUT2D eigenvalue weighted by Crippen LogP contribution is -2.34. The number of nitrogens with one attached hydrogen (secondary N) is 2. The minimum atomic E-state index is -1.63. The number of carbonyl (C=O) groups excluding carboxylic acids is 1. The topological polar surface area (TPSA) is 172 Å². The second-order valence-electron chi connectivity index (χ2n) is 6.68. The van der Waals surface area contributed by atoms with Crippen molar-refractivity contribution in [1.29, 1.82) is 5.26 Å². The van der Waals surface area contributed by atoms with Crippen molar-refractivity contribution in [3.63, 3.8) is 0 Å². The molecule has 0 spiro atoms. The molecule has 15 heteroatoms. The number of hydrazone groups is 1. The Morgan fingerprint density at radius 2 is 1.89 bits per heavy atom. The first-order valence-corrected chi connectivity index (χ1v) is 10.8. The van der Waals surface area contributed by atoms with Crippen LogP contribution in [0.1, 0.15) is 11.3 Å². The molecule has 0 aliphatic rings. The Bertz CT molecular complexity index is 1350. The molecular weight excluding hydrogens is 537 g/mol. The van der Waals surface area contributed by atoms with E-state index in [0.717, 1.165) is 0 Å². The van der Waals surface area contributed by atoms with Crippen molar-refractivity contribution in [2.45, 2.75) is 6.42 Å². The molecule has 0 aliphatic heterocycles. The molecule has 0 fully saturated rings. The molecule has 0 radical (unpaired) electrons. The fourth-order valence-electron chi connectivity index (χ4n) is 2.63. The van der Waals surface area contributed by atoms with Crippen molar-refractivity contribution in [1.82, 2.24) is 20.5 Å². The SMILES string of the molecule is COc1ccc(Cc2cc(Oc3c(Cl)cc(NN=C(C#N)C(=O)NC(=O)O)cc3Cl)nnc2Cl)nc1. The number of amides is 2. The Hall–Kier alpha value is -4.18. The zero-order valence-corrected chi connectivity index (χ0v) is 20.4. The minimum absolute atomic E-state index is 0.0313. The number of anilines is 1. The van der Waals surface area contributed by atoms with Crippen LogP contribution in [0.25, 0.3) is 0 Å². The standard InChI is InChI=1S/C21H14Cl3N7O5/c1-35-13-3-2-11(26-9-13)4-10-5-17(30-31-19(10)24)36-18-14(22)6-12(7-15(18)23)28-29-16(8-25)20(32)27-21(33)34/h2-3,5-7,9,28H,4H2,1H3,(H,27,32)(H,33,34). The number of ether oxygens (including phenoxy) is 2. The van der Waals surface area contributed by atoms with Crippen molar-refractivity contribution in [3.05, 3.63) is 63.0 Å². The first-order valence-electron chi connectivity index (χ1n) is 9.66. The highest BCUT2D eigenvalue weighted by atomic mass is 35.5. The molecule has 1 aromatic carbocycles. The van der Waals surface area contributed by atoms with Gasteiger partial charge < -0.3 is 14.6 Å². The van der Waals surface area contributed by atoms with E-state index in [2.05, 4.69) is 25.7 Å². The Labute approximate surface area is 218 Å². The van der Waals surface area contributed by atoms with Crippen molar-refractivity contribution in [2.24, 2.45) is 5.10 Å². The number of halogens is 3. The molecule has 2 heterocycles. The van der Waals surface area contributed by atoms with Crippen molar-refractivity contribution in [3.8, 4) is 23.4 Å². The highest BCUT2D eigenvalue weighted by molar-refractivity contribution is 6.46. The Morgan fingerprint density at radius 1 is 1.17 bits per heavy atom. The number of hydrogen-bond donors (Lipinski definition) is 3. The second-order valence-corrected chi connectivity index (χ2v) is 7.85. The zero-order chi connectivity index (χ0) is 26.2. The van der Waals surface area contributed by atoms with E-state index >= 15 is 0 Å². The third-order valence-corrected chi connectivity index (χ3v) is 5.13. The molecule has 36 heavy (non-hydrogen) atoms. The van der Waals surface area contributed by atoms with Crippen molar-refractivity contribution >= 4 is 58.2 Å². The number of hydrogen-bond acceptors (Lipinski definition) is 10. The molecule has 3 aromatic rings. The summed E-state index contributed by atoms with van der Waals surface area (Å²) >= 11 is 18.7. The maximum atomic E-state index is 11.6. The largest absolute Gasteiger partial charge is 0.495 e. The van der Waals surface area contributed by atoms with Gasteiger partial charge in [0.1, 0.15) is 11.8 Å². The van der Waals surface area contributed by atoms with Crippen LogP contribution in [-0.4, -0.2) is 45.1 Å². The number of nitrogens with zero attached hydrogens (tertiary/aromatic N) is 5. The van der Waals surface area contributed by atoms with E-state index in [1.54, 1.807) is 31.5 Å². The van der Waals surface area contributed by atoms with E-state index in [1.165, 1.54) is 23.5 Å². The summed E-state index contributed by atoms with van der Waals surface area (Å²) in [6.45, 7) is 0. The lowest BCUT2D eigenvalue weighted by Gasteiger charge is -2.12. The average Bonchev–Trinajstić information content (AvgIpc) is 2.83. The van der Waals surface area contributed by atoms with E-state index in [4.69, 9.17) is 54.6 Å². The highest BCUT2D eigenvalue weighted by Crippen LogP contribution is 2.38. The van der Waals surface area contributed by atoms with Crippen LogP contribution in [-0.2, 0) is 11.2 Å². The quantitative estimate of drug-likeness (QED) is 0.271. The Balaban J connectivity index is 1.78. The lowest BCUT2D eigenvalue weighted by molar-refractivity contribution is -0.114. The molecule has 0 saturated heterocycles. The third-order valence-electron chi connectivity index (χ3n) is 4.25. The van der Waals surface area contributed by atoms with Crippen molar-refractivity contribution < 1.29 is 24.2 Å². The van der Waals surface area contributed by atoms with E-state index in [1.807, 2.05) is 0 Å². The molecule has 3 N–H and O–H groups in total. The minimum Gasteiger partial charge on any atom is -0.495 e. The number of rotatable bonds is 8. The summed E-state index contributed by atoms with van der Waals surface area (Å²) in [5.74, 6) is -0.497. The van der Waals surface area contributed by atoms with Crippen LogP contribution in [0.4, 0.5) is 10.5 Å². The monoisotopic (exact) mass is 549 g/mol. The first-order chi connectivity index (χ1) is 17.2. The van der Waals surface area contributed by atoms with Gasteiger partial charge in [-0.25, -0.2) is 4.79 Å². The molecule has 0 atom stereocenters. The summed E-state index contributed by atoms with van der Waals surface area (Å²) in [5.41, 5.74) is 3.14. The molecule has 2 amide bonds. The number of imide groups is 1. The van der Waals surface area contributed by atoms with Gasteiger partial charge in [-0.2, -0.15) is 10.4 Å². The maximum Gasteiger partial charge on any atom is 0.411 e. The van der Waals surface area contributed by atoms with E-state index in [-0.39, 0.29) is 32.5 Å². The summed E-state index contributed by atoms with van der Waals surface area (Å²) in [6.07, 6.45) is 0.282. The molecular formula is C21H14Cl3N7O5.